The van der Waals surface area contributed by atoms with Crippen molar-refractivity contribution in [1.29, 1.82) is 0 Å². The van der Waals surface area contributed by atoms with Crippen LogP contribution >= 0.6 is 0 Å². The molecule has 0 amide bonds. The number of carboxylic acids is 1. The molecule has 0 saturated carbocycles. The number of likely N-dealkylation sites (N-methyl/N-ethyl adjacent to an activating group) is 1. The van der Waals surface area contributed by atoms with E-state index in [0.29, 0.717) is 0 Å². The molecule has 0 aliphatic heterocycles. The van der Waals surface area contributed by atoms with Crippen LogP contribution in [0, 0.1) is 0 Å². The van der Waals surface area contributed by atoms with Crippen molar-refractivity contribution in [2.45, 2.75) is 71.1 Å². The number of carboxylic acid groups (broad SMARTS) is 1. The number of carbonyl (C=O) groups is 1. The molecule has 0 heterocycles. The SMILES string of the molecule is CCCCCCCCCCCCN(CCN(C)C)CC(=O)O. The normalized spacial score (nSPS) is 11.5. The Balaban J connectivity index is 3.52. The summed E-state index contributed by atoms with van der Waals surface area (Å²) in [6.45, 7) is 5.11. The van der Waals surface area contributed by atoms with E-state index < -0.39 is 5.97 Å². The minimum absolute atomic E-state index is 0.172. The van der Waals surface area contributed by atoms with Crippen LogP contribution in [0.5, 0.6) is 0 Å². The van der Waals surface area contributed by atoms with Crippen molar-refractivity contribution in [3.05, 3.63) is 0 Å². The zero-order valence-electron chi connectivity index (χ0n) is 15.1. The Morgan fingerprint density at radius 3 is 1.73 bits per heavy atom. The first-order valence-corrected chi connectivity index (χ1v) is 9.15. The van der Waals surface area contributed by atoms with E-state index in [4.69, 9.17) is 5.11 Å². The summed E-state index contributed by atoms with van der Waals surface area (Å²) in [4.78, 5) is 15.0. The summed E-state index contributed by atoms with van der Waals surface area (Å²) in [7, 11) is 4.05. The van der Waals surface area contributed by atoms with E-state index in [1.807, 2.05) is 14.1 Å². The predicted molar refractivity (Wildman–Crippen MR) is 94.5 cm³/mol. The Kier molecular flexibility index (Phi) is 14.9. The highest BCUT2D eigenvalue weighted by Gasteiger charge is 2.09. The van der Waals surface area contributed by atoms with Gasteiger partial charge in [0.2, 0.25) is 0 Å². The minimum Gasteiger partial charge on any atom is -0.480 e. The van der Waals surface area contributed by atoms with Crippen LogP contribution in [0.15, 0.2) is 0 Å². The van der Waals surface area contributed by atoms with Gasteiger partial charge < -0.3 is 10.0 Å². The third-order valence-corrected chi connectivity index (χ3v) is 4.05. The van der Waals surface area contributed by atoms with Crippen LogP contribution in [0.2, 0.25) is 0 Å². The first-order valence-electron chi connectivity index (χ1n) is 9.15. The third kappa shape index (κ3) is 15.8. The van der Waals surface area contributed by atoms with Gasteiger partial charge in [0.1, 0.15) is 0 Å². The molecule has 4 nitrogen and oxygen atoms in total. The predicted octanol–water partition coefficient (Wildman–Crippen LogP) is 3.86. The molecule has 0 atom stereocenters. The highest BCUT2D eigenvalue weighted by Crippen LogP contribution is 2.10. The van der Waals surface area contributed by atoms with Gasteiger partial charge in [0.25, 0.3) is 0 Å². The molecular formula is C18H38N2O2. The lowest BCUT2D eigenvalue weighted by molar-refractivity contribution is -0.138. The Morgan fingerprint density at radius 1 is 0.773 bits per heavy atom. The molecule has 0 aromatic carbocycles. The highest BCUT2D eigenvalue weighted by atomic mass is 16.4. The van der Waals surface area contributed by atoms with Crippen molar-refractivity contribution in [2.75, 3.05) is 40.3 Å². The lowest BCUT2D eigenvalue weighted by Crippen LogP contribution is -2.36. The number of unbranched alkanes of at least 4 members (excludes halogenated alkanes) is 9. The van der Waals surface area contributed by atoms with Crippen LogP contribution in [0.1, 0.15) is 71.1 Å². The van der Waals surface area contributed by atoms with Crippen LogP contribution in [0.25, 0.3) is 0 Å². The Labute approximate surface area is 137 Å². The molecule has 0 aromatic rings. The van der Waals surface area contributed by atoms with E-state index in [9.17, 15) is 4.79 Å². The van der Waals surface area contributed by atoms with E-state index >= 15 is 0 Å². The van der Waals surface area contributed by atoms with Gasteiger partial charge in [-0.05, 0) is 27.1 Å². The van der Waals surface area contributed by atoms with Crippen molar-refractivity contribution < 1.29 is 9.90 Å². The van der Waals surface area contributed by atoms with Gasteiger partial charge in [0.15, 0.2) is 0 Å². The standard InChI is InChI=1S/C18H38N2O2/c1-4-5-6-7-8-9-10-11-12-13-14-20(17-18(21)22)16-15-19(2)3/h4-17H2,1-3H3,(H,21,22). The van der Waals surface area contributed by atoms with E-state index in [-0.39, 0.29) is 6.54 Å². The zero-order valence-corrected chi connectivity index (χ0v) is 15.1. The maximum atomic E-state index is 10.9. The van der Waals surface area contributed by atoms with Crippen molar-refractivity contribution in [3.8, 4) is 0 Å². The summed E-state index contributed by atoms with van der Waals surface area (Å²) in [6.07, 6.45) is 13.2. The summed E-state index contributed by atoms with van der Waals surface area (Å²) in [5.74, 6) is -0.717. The van der Waals surface area contributed by atoms with Crippen molar-refractivity contribution in [1.82, 2.24) is 9.80 Å². The molecule has 0 aliphatic rings. The Morgan fingerprint density at radius 2 is 1.27 bits per heavy atom. The molecule has 0 spiro atoms. The van der Waals surface area contributed by atoms with Gasteiger partial charge in [-0.1, -0.05) is 64.7 Å². The topological polar surface area (TPSA) is 43.8 Å². The van der Waals surface area contributed by atoms with Crippen LogP contribution in [0.4, 0.5) is 0 Å². The average molecular weight is 315 g/mol. The van der Waals surface area contributed by atoms with E-state index in [1.165, 1.54) is 57.8 Å². The summed E-state index contributed by atoms with van der Waals surface area (Å²) < 4.78 is 0. The maximum absolute atomic E-state index is 10.9. The van der Waals surface area contributed by atoms with Gasteiger partial charge in [-0.15, -0.1) is 0 Å². The molecule has 22 heavy (non-hydrogen) atoms. The van der Waals surface area contributed by atoms with Crippen LogP contribution in [0.3, 0.4) is 0 Å². The fraction of sp³-hybridized carbons (Fsp3) is 0.944. The minimum atomic E-state index is -0.717. The van der Waals surface area contributed by atoms with E-state index in [1.54, 1.807) is 0 Å². The fourth-order valence-electron chi connectivity index (χ4n) is 2.63. The number of aliphatic carboxylic acids is 1. The molecule has 0 bridgehead atoms. The number of rotatable bonds is 16. The van der Waals surface area contributed by atoms with Gasteiger partial charge in [-0.3, -0.25) is 9.69 Å². The van der Waals surface area contributed by atoms with Crippen LogP contribution < -0.4 is 0 Å². The smallest absolute Gasteiger partial charge is 0.317 e. The molecule has 0 fully saturated rings. The number of nitrogens with zero attached hydrogens (tertiary/aromatic N) is 2. The van der Waals surface area contributed by atoms with Crippen molar-refractivity contribution in [2.24, 2.45) is 0 Å². The summed E-state index contributed by atoms with van der Waals surface area (Å²) in [5, 5.41) is 8.96. The first-order chi connectivity index (χ1) is 10.6. The first kappa shape index (κ1) is 21.4. The highest BCUT2D eigenvalue weighted by molar-refractivity contribution is 5.69. The molecule has 4 heteroatoms. The second-order valence-electron chi connectivity index (χ2n) is 6.66. The Bertz CT molecular complexity index is 257. The summed E-state index contributed by atoms with van der Waals surface area (Å²) in [6, 6.07) is 0. The molecule has 1 N–H and O–H groups in total. The largest absolute Gasteiger partial charge is 0.480 e. The zero-order chi connectivity index (χ0) is 16.6. The molecule has 0 unspecified atom stereocenters. The fourth-order valence-corrected chi connectivity index (χ4v) is 2.63. The van der Waals surface area contributed by atoms with Gasteiger partial charge >= 0.3 is 5.97 Å². The van der Waals surface area contributed by atoms with Crippen LogP contribution in [-0.4, -0.2) is 61.2 Å². The molecule has 0 aromatic heterocycles. The van der Waals surface area contributed by atoms with E-state index in [0.717, 1.165) is 26.1 Å². The molecule has 0 saturated heterocycles. The van der Waals surface area contributed by atoms with Gasteiger partial charge in [-0.25, -0.2) is 0 Å². The maximum Gasteiger partial charge on any atom is 0.317 e. The van der Waals surface area contributed by atoms with Gasteiger partial charge in [-0.2, -0.15) is 0 Å². The second-order valence-corrected chi connectivity index (χ2v) is 6.66. The summed E-state index contributed by atoms with van der Waals surface area (Å²) >= 11 is 0. The monoisotopic (exact) mass is 314 g/mol. The van der Waals surface area contributed by atoms with E-state index in [2.05, 4.69) is 16.7 Å². The second kappa shape index (κ2) is 15.3. The quantitative estimate of drug-likeness (QED) is 0.439. The molecular weight excluding hydrogens is 276 g/mol. The molecule has 132 valence electrons. The lowest BCUT2D eigenvalue weighted by atomic mass is 10.1. The lowest BCUT2D eigenvalue weighted by Gasteiger charge is -2.22. The molecule has 0 aliphatic carbocycles. The average Bonchev–Trinajstić information content (AvgIpc) is 2.45. The van der Waals surface area contributed by atoms with Gasteiger partial charge in [0, 0.05) is 13.1 Å². The number of hydrogen-bond acceptors (Lipinski definition) is 3. The Hall–Kier alpha value is -0.610. The van der Waals surface area contributed by atoms with Gasteiger partial charge in [0.05, 0.1) is 6.54 Å². The molecule has 0 radical (unpaired) electrons. The van der Waals surface area contributed by atoms with Crippen molar-refractivity contribution >= 4 is 5.97 Å². The number of hydrogen-bond donors (Lipinski definition) is 1. The summed E-state index contributed by atoms with van der Waals surface area (Å²) in [5.41, 5.74) is 0. The third-order valence-electron chi connectivity index (χ3n) is 4.05. The van der Waals surface area contributed by atoms with Crippen LogP contribution in [-0.2, 0) is 4.79 Å². The van der Waals surface area contributed by atoms with Crippen molar-refractivity contribution in [3.63, 3.8) is 0 Å². The molecule has 0 rings (SSSR count).